The molecule has 0 atom stereocenters. The molecule has 0 aliphatic carbocycles. The summed E-state index contributed by atoms with van der Waals surface area (Å²) in [7, 11) is 3.01. The Morgan fingerprint density at radius 1 is 0.806 bits per heavy atom. The second-order valence-electron chi connectivity index (χ2n) is 7.49. The highest BCUT2D eigenvalue weighted by molar-refractivity contribution is 7.10. The van der Waals surface area contributed by atoms with Gasteiger partial charge in [-0.1, -0.05) is 24.3 Å². The van der Waals surface area contributed by atoms with Crippen LogP contribution in [0.2, 0.25) is 0 Å². The van der Waals surface area contributed by atoms with E-state index in [0.29, 0.717) is 34.2 Å². The lowest BCUT2D eigenvalue weighted by molar-refractivity contribution is -0.113. The predicted octanol–water partition coefficient (Wildman–Crippen LogP) is 5.97. The lowest BCUT2D eigenvalue weighted by Crippen LogP contribution is -2.30. The van der Waals surface area contributed by atoms with Crippen LogP contribution in [0.4, 0.5) is 5.69 Å². The van der Waals surface area contributed by atoms with Gasteiger partial charge in [0.25, 0.3) is 11.8 Å². The Bertz CT molecular complexity index is 1350. The van der Waals surface area contributed by atoms with Gasteiger partial charge in [0.2, 0.25) is 0 Å². The molecular formula is C28H24N2O5S. The minimum absolute atomic E-state index is 0.0989. The van der Waals surface area contributed by atoms with Crippen LogP contribution >= 0.6 is 11.3 Å². The first-order valence-corrected chi connectivity index (χ1v) is 11.9. The quantitative estimate of drug-likeness (QED) is 0.277. The minimum Gasteiger partial charge on any atom is -0.493 e. The van der Waals surface area contributed by atoms with Crippen LogP contribution in [0.25, 0.3) is 6.08 Å². The van der Waals surface area contributed by atoms with Crippen LogP contribution in [0.3, 0.4) is 0 Å². The summed E-state index contributed by atoms with van der Waals surface area (Å²) in [5.41, 5.74) is 0.972. The summed E-state index contributed by atoms with van der Waals surface area (Å²) in [6.45, 7) is 0. The van der Waals surface area contributed by atoms with Crippen molar-refractivity contribution in [1.29, 1.82) is 0 Å². The molecule has 0 aliphatic heterocycles. The highest BCUT2D eigenvalue weighted by atomic mass is 32.1. The molecule has 36 heavy (non-hydrogen) atoms. The number of para-hydroxylation sites is 1. The Labute approximate surface area is 213 Å². The number of benzene rings is 3. The molecule has 4 rings (SSSR count). The van der Waals surface area contributed by atoms with Crippen molar-refractivity contribution in [3.63, 3.8) is 0 Å². The number of amides is 2. The van der Waals surface area contributed by atoms with E-state index in [1.807, 2.05) is 47.8 Å². The van der Waals surface area contributed by atoms with Gasteiger partial charge in [-0.15, -0.1) is 11.3 Å². The molecule has 0 saturated carbocycles. The summed E-state index contributed by atoms with van der Waals surface area (Å²) in [5, 5.41) is 7.44. The highest BCUT2D eigenvalue weighted by Gasteiger charge is 2.17. The van der Waals surface area contributed by atoms with Crippen LogP contribution in [0, 0.1) is 0 Å². The third-order valence-electron chi connectivity index (χ3n) is 5.06. The number of ether oxygens (including phenoxy) is 3. The van der Waals surface area contributed by atoms with Crippen molar-refractivity contribution in [2.24, 2.45) is 0 Å². The van der Waals surface area contributed by atoms with Crippen LogP contribution in [0.1, 0.15) is 15.2 Å². The molecule has 8 heteroatoms. The van der Waals surface area contributed by atoms with Crippen LogP contribution in [-0.2, 0) is 4.79 Å². The summed E-state index contributed by atoms with van der Waals surface area (Å²) in [6.07, 6.45) is 1.63. The summed E-state index contributed by atoms with van der Waals surface area (Å²) in [6, 6.07) is 24.9. The van der Waals surface area contributed by atoms with Gasteiger partial charge in [0, 0.05) is 16.1 Å². The second-order valence-corrected chi connectivity index (χ2v) is 8.47. The van der Waals surface area contributed by atoms with Gasteiger partial charge in [0.1, 0.15) is 17.2 Å². The molecule has 1 heterocycles. The summed E-state index contributed by atoms with van der Waals surface area (Å²) in [4.78, 5) is 26.9. The fourth-order valence-electron chi connectivity index (χ4n) is 3.28. The van der Waals surface area contributed by atoms with Crippen LogP contribution in [-0.4, -0.2) is 26.0 Å². The number of rotatable bonds is 9. The number of hydrogen-bond donors (Lipinski definition) is 2. The van der Waals surface area contributed by atoms with E-state index in [1.165, 1.54) is 25.6 Å². The van der Waals surface area contributed by atoms with Gasteiger partial charge < -0.3 is 24.8 Å². The van der Waals surface area contributed by atoms with Crippen LogP contribution in [0.5, 0.6) is 23.0 Å². The van der Waals surface area contributed by atoms with E-state index in [2.05, 4.69) is 10.6 Å². The van der Waals surface area contributed by atoms with E-state index < -0.39 is 11.8 Å². The average molecular weight is 501 g/mol. The van der Waals surface area contributed by atoms with Crippen molar-refractivity contribution in [3.05, 3.63) is 106 Å². The standard InChI is InChI=1S/C28H24N2O5S/c1-33-25-15-10-19(17-26(25)34-2)27(31)30-24(18-23-9-6-16-36-23)28(32)29-20-11-13-22(14-12-20)35-21-7-4-3-5-8-21/h3-18H,1-2H3,(H,29,32)(H,30,31)/b24-18-. The van der Waals surface area contributed by atoms with Gasteiger partial charge in [-0.3, -0.25) is 9.59 Å². The molecule has 0 fully saturated rings. The molecular weight excluding hydrogens is 476 g/mol. The van der Waals surface area contributed by atoms with Crippen LogP contribution in [0.15, 0.2) is 96.0 Å². The molecule has 0 unspecified atom stereocenters. The van der Waals surface area contributed by atoms with Gasteiger partial charge in [-0.05, 0) is 72.1 Å². The third kappa shape index (κ3) is 6.31. The lowest BCUT2D eigenvalue weighted by Gasteiger charge is -2.13. The Hall–Kier alpha value is -4.56. The van der Waals surface area contributed by atoms with Crippen molar-refractivity contribution < 1.29 is 23.8 Å². The largest absolute Gasteiger partial charge is 0.493 e. The van der Waals surface area contributed by atoms with E-state index in [9.17, 15) is 9.59 Å². The van der Waals surface area contributed by atoms with Crippen molar-refractivity contribution in [2.75, 3.05) is 19.5 Å². The topological polar surface area (TPSA) is 85.9 Å². The number of hydrogen-bond acceptors (Lipinski definition) is 6. The highest BCUT2D eigenvalue weighted by Crippen LogP contribution is 2.28. The van der Waals surface area contributed by atoms with E-state index in [1.54, 1.807) is 48.5 Å². The zero-order chi connectivity index (χ0) is 25.3. The van der Waals surface area contributed by atoms with Crippen molar-refractivity contribution in [1.82, 2.24) is 5.32 Å². The van der Waals surface area contributed by atoms with Gasteiger partial charge in [0.15, 0.2) is 11.5 Å². The van der Waals surface area contributed by atoms with E-state index in [-0.39, 0.29) is 5.70 Å². The monoisotopic (exact) mass is 500 g/mol. The van der Waals surface area contributed by atoms with E-state index in [4.69, 9.17) is 14.2 Å². The maximum absolute atomic E-state index is 13.1. The van der Waals surface area contributed by atoms with E-state index >= 15 is 0 Å². The molecule has 2 amide bonds. The third-order valence-corrected chi connectivity index (χ3v) is 5.88. The van der Waals surface area contributed by atoms with Gasteiger partial charge in [0.05, 0.1) is 14.2 Å². The molecule has 3 aromatic carbocycles. The van der Waals surface area contributed by atoms with Crippen molar-refractivity contribution >= 4 is 34.9 Å². The summed E-state index contributed by atoms with van der Waals surface area (Å²) >= 11 is 1.45. The SMILES string of the molecule is COc1ccc(C(=O)N/C(=C\c2cccs2)C(=O)Nc2ccc(Oc3ccccc3)cc2)cc1OC. The Balaban J connectivity index is 1.50. The number of carbonyl (C=O) groups excluding carboxylic acids is 2. The lowest BCUT2D eigenvalue weighted by atomic mass is 10.1. The summed E-state index contributed by atoms with van der Waals surface area (Å²) in [5.74, 6) is 1.34. The van der Waals surface area contributed by atoms with Gasteiger partial charge in [-0.2, -0.15) is 0 Å². The fourth-order valence-corrected chi connectivity index (χ4v) is 3.93. The molecule has 2 N–H and O–H groups in total. The molecule has 7 nitrogen and oxygen atoms in total. The number of anilines is 1. The van der Waals surface area contributed by atoms with Crippen molar-refractivity contribution in [2.45, 2.75) is 0 Å². The maximum atomic E-state index is 13.1. The second kappa shape index (κ2) is 11.7. The normalized spacial score (nSPS) is 10.9. The molecule has 0 spiro atoms. The average Bonchev–Trinajstić information content (AvgIpc) is 3.42. The number of nitrogens with one attached hydrogen (secondary N) is 2. The molecule has 1 aromatic heterocycles. The van der Waals surface area contributed by atoms with Crippen LogP contribution < -0.4 is 24.8 Å². The maximum Gasteiger partial charge on any atom is 0.272 e. The smallest absolute Gasteiger partial charge is 0.272 e. The van der Waals surface area contributed by atoms with Gasteiger partial charge >= 0.3 is 0 Å². The molecule has 0 bridgehead atoms. The molecule has 4 aromatic rings. The first-order valence-electron chi connectivity index (χ1n) is 11.0. The molecule has 0 radical (unpaired) electrons. The fraction of sp³-hybridized carbons (Fsp3) is 0.0714. The molecule has 0 saturated heterocycles. The summed E-state index contributed by atoms with van der Waals surface area (Å²) < 4.78 is 16.3. The Kier molecular flexibility index (Phi) is 8.00. The Morgan fingerprint density at radius 2 is 1.53 bits per heavy atom. The zero-order valence-electron chi connectivity index (χ0n) is 19.7. The first-order chi connectivity index (χ1) is 17.6. The molecule has 182 valence electrons. The number of carbonyl (C=O) groups is 2. The number of thiophene rings is 1. The predicted molar refractivity (Wildman–Crippen MR) is 141 cm³/mol. The number of methoxy groups -OCH3 is 2. The molecule has 0 aliphatic rings. The Morgan fingerprint density at radius 3 is 2.19 bits per heavy atom. The van der Waals surface area contributed by atoms with Crippen molar-refractivity contribution in [3.8, 4) is 23.0 Å². The van der Waals surface area contributed by atoms with Gasteiger partial charge in [-0.25, -0.2) is 0 Å². The first kappa shape index (κ1) is 24.6. The minimum atomic E-state index is -0.464. The van der Waals surface area contributed by atoms with E-state index in [0.717, 1.165) is 4.88 Å². The zero-order valence-corrected chi connectivity index (χ0v) is 20.5.